The number of hydrogen-bond donors (Lipinski definition) is 2. The van der Waals surface area contributed by atoms with Crippen LogP contribution in [-0.2, 0) is 34.0 Å². The van der Waals surface area contributed by atoms with Crippen LogP contribution >= 0.6 is 11.3 Å². The topological polar surface area (TPSA) is 140 Å². The van der Waals surface area contributed by atoms with E-state index < -0.39 is 28.8 Å². The van der Waals surface area contributed by atoms with Crippen LogP contribution in [0.3, 0.4) is 0 Å². The highest BCUT2D eigenvalue weighted by Crippen LogP contribution is 2.19. The lowest BCUT2D eigenvalue weighted by Gasteiger charge is -2.29. The predicted molar refractivity (Wildman–Crippen MR) is 163 cm³/mol. The Kier molecular flexibility index (Phi) is 12.5. The molecule has 1 atom stereocenters. The van der Waals surface area contributed by atoms with Gasteiger partial charge in [0.2, 0.25) is 5.91 Å². The zero-order valence-electron chi connectivity index (χ0n) is 24.6. The molecule has 1 heterocycles. The second-order valence-corrected chi connectivity index (χ2v) is 11.9. The quantitative estimate of drug-likeness (QED) is 0.126. The maximum absolute atomic E-state index is 13.9. The number of hydrogen-bond acceptors (Lipinski definition) is 8. The van der Waals surface area contributed by atoms with E-state index in [1.54, 1.807) is 37.8 Å². The van der Waals surface area contributed by atoms with Crippen LogP contribution in [0.1, 0.15) is 56.0 Å². The van der Waals surface area contributed by atoms with Gasteiger partial charge in [0.25, 0.3) is 5.69 Å². The van der Waals surface area contributed by atoms with Crippen LogP contribution in [0.25, 0.3) is 0 Å². The van der Waals surface area contributed by atoms with E-state index in [4.69, 9.17) is 9.47 Å². The van der Waals surface area contributed by atoms with Gasteiger partial charge in [-0.2, -0.15) is 0 Å². The van der Waals surface area contributed by atoms with Gasteiger partial charge in [-0.15, -0.1) is 11.3 Å². The van der Waals surface area contributed by atoms with Gasteiger partial charge < -0.3 is 25.0 Å². The van der Waals surface area contributed by atoms with Crippen LogP contribution in [0.15, 0.2) is 72.1 Å². The number of carbonyl (C=O) groups excluding carboxylic acids is 3. The van der Waals surface area contributed by atoms with E-state index in [2.05, 4.69) is 10.6 Å². The number of nitro groups is 1. The number of rotatable bonds is 14. The molecule has 1 aromatic heterocycles. The van der Waals surface area contributed by atoms with Gasteiger partial charge in [0.05, 0.1) is 11.5 Å². The van der Waals surface area contributed by atoms with Gasteiger partial charge in [-0.1, -0.05) is 48.5 Å². The van der Waals surface area contributed by atoms with Crippen LogP contribution < -0.4 is 10.6 Å². The number of nitrogens with one attached hydrogen (secondary N) is 2. The molecule has 230 valence electrons. The summed E-state index contributed by atoms with van der Waals surface area (Å²) in [5.41, 5.74) is 0.802. The SMILES string of the molecule is CC(C)(C)OC(=O)N[C@@H](CCCCNC(=O)OCc1ccccc1)C(=O)N(Cc1ccc([N+](=O)[O-])cc1)Cc1cccs1. The van der Waals surface area contributed by atoms with E-state index >= 15 is 0 Å². The van der Waals surface area contributed by atoms with Crippen LogP contribution in [0, 0.1) is 10.1 Å². The Balaban J connectivity index is 1.64. The van der Waals surface area contributed by atoms with E-state index in [1.165, 1.54) is 23.5 Å². The molecule has 0 aliphatic carbocycles. The third kappa shape index (κ3) is 12.1. The molecule has 11 nitrogen and oxygen atoms in total. The number of carbonyl (C=O) groups is 3. The third-order valence-electron chi connectivity index (χ3n) is 6.15. The number of benzene rings is 2. The highest BCUT2D eigenvalue weighted by molar-refractivity contribution is 7.09. The van der Waals surface area contributed by atoms with Crippen molar-refractivity contribution < 1.29 is 28.8 Å². The maximum Gasteiger partial charge on any atom is 0.408 e. The predicted octanol–water partition coefficient (Wildman–Crippen LogP) is 6.18. The first-order valence-corrected chi connectivity index (χ1v) is 14.9. The number of alkyl carbamates (subject to hydrolysis) is 2. The van der Waals surface area contributed by atoms with E-state index in [9.17, 15) is 24.5 Å². The number of amides is 3. The first-order chi connectivity index (χ1) is 20.5. The molecule has 0 aliphatic rings. The van der Waals surface area contributed by atoms with Gasteiger partial charge in [0.15, 0.2) is 0 Å². The summed E-state index contributed by atoms with van der Waals surface area (Å²) in [6, 6.07) is 18.3. The van der Waals surface area contributed by atoms with Crippen molar-refractivity contribution in [1.29, 1.82) is 0 Å². The largest absolute Gasteiger partial charge is 0.445 e. The van der Waals surface area contributed by atoms with Gasteiger partial charge in [-0.05, 0) is 62.6 Å². The third-order valence-corrected chi connectivity index (χ3v) is 7.01. The first-order valence-electron chi connectivity index (χ1n) is 14.0. The number of unbranched alkanes of at least 4 members (excludes halogenated alkanes) is 1. The summed E-state index contributed by atoms with van der Waals surface area (Å²) >= 11 is 1.50. The van der Waals surface area contributed by atoms with Crippen molar-refractivity contribution in [3.05, 3.63) is 98.2 Å². The second kappa shape index (κ2) is 16.3. The summed E-state index contributed by atoms with van der Waals surface area (Å²) in [6.07, 6.45) is 0.136. The number of non-ortho nitro benzene ring substituents is 1. The van der Waals surface area contributed by atoms with E-state index in [1.807, 2.05) is 47.8 Å². The lowest BCUT2D eigenvalue weighted by atomic mass is 10.1. The number of thiophene rings is 1. The van der Waals surface area contributed by atoms with Gasteiger partial charge in [0.1, 0.15) is 18.2 Å². The normalized spacial score (nSPS) is 11.7. The van der Waals surface area contributed by atoms with Crippen molar-refractivity contribution in [3.63, 3.8) is 0 Å². The molecular formula is C31H38N4O7S. The number of nitro benzene ring substituents is 1. The van der Waals surface area contributed by atoms with Gasteiger partial charge in [0, 0.05) is 30.1 Å². The molecule has 0 unspecified atom stereocenters. The summed E-state index contributed by atoms with van der Waals surface area (Å²) < 4.78 is 10.7. The van der Waals surface area contributed by atoms with E-state index in [0.29, 0.717) is 37.9 Å². The lowest BCUT2D eigenvalue weighted by Crippen LogP contribution is -2.49. The second-order valence-electron chi connectivity index (χ2n) is 10.9. The fraction of sp³-hybridized carbons (Fsp3) is 0.387. The summed E-state index contributed by atoms with van der Waals surface area (Å²) in [7, 11) is 0. The molecule has 0 aliphatic heterocycles. The smallest absolute Gasteiger partial charge is 0.408 e. The fourth-order valence-electron chi connectivity index (χ4n) is 4.11. The molecular weight excluding hydrogens is 572 g/mol. The van der Waals surface area contributed by atoms with Crippen LogP contribution in [0.5, 0.6) is 0 Å². The minimum absolute atomic E-state index is 0.0399. The fourth-order valence-corrected chi connectivity index (χ4v) is 4.83. The Bertz CT molecular complexity index is 1330. The van der Waals surface area contributed by atoms with Crippen molar-refractivity contribution >= 4 is 35.1 Å². The van der Waals surface area contributed by atoms with Crippen molar-refractivity contribution in [2.24, 2.45) is 0 Å². The summed E-state index contributed by atoms with van der Waals surface area (Å²) in [4.78, 5) is 51.8. The zero-order valence-corrected chi connectivity index (χ0v) is 25.4. The van der Waals surface area contributed by atoms with Crippen molar-refractivity contribution in [1.82, 2.24) is 15.5 Å². The monoisotopic (exact) mass is 610 g/mol. The minimum atomic E-state index is -0.891. The average molecular weight is 611 g/mol. The molecule has 3 rings (SSSR count). The molecule has 0 saturated heterocycles. The van der Waals surface area contributed by atoms with Gasteiger partial charge in [-0.3, -0.25) is 14.9 Å². The summed E-state index contributed by atoms with van der Waals surface area (Å²) in [5.74, 6) is -0.312. The maximum atomic E-state index is 13.9. The molecule has 0 radical (unpaired) electrons. The van der Waals surface area contributed by atoms with Crippen LogP contribution in [0.4, 0.5) is 15.3 Å². The van der Waals surface area contributed by atoms with Crippen molar-refractivity contribution in [2.75, 3.05) is 6.54 Å². The number of ether oxygens (including phenoxy) is 2. The molecule has 3 amide bonds. The standard InChI is InChI=1S/C31H38N4O7S/c1-31(2,3)42-30(38)33-27(13-7-8-18-32-29(37)41-22-24-10-5-4-6-11-24)28(36)34(21-26-12-9-19-43-26)20-23-14-16-25(17-15-23)35(39)40/h4-6,9-12,14-17,19,27H,7-8,13,18,20-22H2,1-3H3,(H,32,37)(H,33,38)/t27-/m0/s1. The molecule has 2 aromatic carbocycles. The van der Waals surface area contributed by atoms with Crippen LogP contribution in [0.2, 0.25) is 0 Å². The van der Waals surface area contributed by atoms with Crippen molar-refractivity contribution in [3.8, 4) is 0 Å². The highest BCUT2D eigenvalue weighted by Gasteiger charge is 2.28. The Morgan fingerprint density at radius 2 is 1.65 bits per heavy atom. The summed E-state index contributed by atoms with van der Waals surface area (Å²) in [6.45, 7) is 6.21. The molecule has 0 bridgehead atoms. The average Bonchev–Trinajstić information content (AvgIpc) is 3.47. The Labute approximate surface area is 255 Å². The molecule has 2 N–H and O–H groups in total. The van der Waals surface area contributed by atoms with Crippen LogP contribution in [-0.4, -0.2) is 46.1 Å². The number of nitrogens with zero attached hydrogens (tertiary/aromatic N) is 2. The molecule has 0 spiro atoms. The van der Waals surface area contributed by atoms with Gasteiger partial charge >= 0.3 is 12.2 Å². The van der Waals surface area contributed by atoms with E-state index in [0.717, 1.165) is 10.4 Å². The Hall–Kier alpha value is -4.45. The highest BCUT2D eigenvalue weighted by atomic mass is 32.1. The Morgan fingerprint density at radius 1 is 0.930 bits per heavy atom. The summed E-state index contributed by atoms with van der Waals surface area (Å²) in [5, 5.41) is 18.4. The molecule has 0 fully saturated rings. The zero-order chi connectivity index (χ0) is 31.2. The molecule has 12 heteroatoms. The van der Waals surface area contributed by atoms with E-state index in [-0.39, 0.29) is 24.7 Å². The molecule has 3 aromatic rings. The molecule has 43 heavy (non-hydrogen) atoms. The van der Waals surface area contributed by atoms with Gasteiger partial charge in [-0.25, -0.2) is 9.59 Å². The molecule has 0 saturated carbocycles. The first kappa shape index (κ1) is 33.1. The van der Waals surface area contributed by atoms with Crippen molar-refractivity contribution in [2.45, 2.75) is 71.4 Å². The lowest BCUT2D eigenvalue weighted by molar-refractivity contribution is -0.384. The minimum Gasteiger partial charge on any atom is -0.445 e. The Morgan fingerprint density at radius 3 is 2.28 bits per heavy atom.